The molecule has 144 valence electrons. The van der Waals surface area contributed by atoms with Gasteiger partial charge in [0.2, 0.25) is 0 Å². The minimum Gasteiger partial charge on any atom is -0.483 e. The number of amides is 1. The first-order chi connectivity index (χ1) is 13.6. The smallest absolute Gasteiger partial charge is 0.262 e. The second-order valence-electron chi connectivity index (χ2n) is 7.52. The van der Waals surface area contributed by atoms with Crippen molar-refractivity contribution in [1.29, 1.82) is 0 Å². The maximum absolute atomic E-state index is 12.2. The zero-order valence-corrected chi connectivity index (χ0v) is 16.0. The highest BCUT2D eigenvalue weighted by atomic mass is 16.5. The van der Waals surface area contributed by atoms with E-state index >= 15 is 0 Å². The number of nitrogens with zero attached hydrogens (tertiary/aromatic N) is 2. The number of nitrogens with one attached hydrogen (secondary N) is 3. The standard InChI is InChI=1S/C21H23N5O2/c1-12-5-3-4-6-15(12)16-7-19-18(8-17(16)23-14-9-22-10-14)26-13(2)21(27)25-24-20(26)11-28-19/h3-8,13-14,22-23H,9-11H2,1-2H3,(H,25,27)/t13-/m1/s1. The van der Waals surface area contributed by atoms with E-state index < -0.39 is 0 Å². The van der Waals surface area contributed by atoms with Crippen molar-refractivity contribution in [2.45, 2.75) is 25.9 Å². The Hall–Kier alpha value is -3.06. The molecule has 0 spiro atoms. The minimum absolute atomic E-state index is 0.114. The van der Waals surface area contributed by atoms with Gasteiger partial charge in [-0.25, -0.2) is 5.43 Å². The second-order valence-corrected chi connectivity index (χ2v) is 7.52. The van der Waals surface area contributed by atoms with Crippen LogP contribution < -0.4 is 25.7 Å². The van der Waals surface area contributed by atoms with Gasteiger partial charge in [-0.15, -0.1) is 0 Å². The van der Waals surface area contributed by atoms with Crippen LogP contribution in [0.2, 0.25) is 0 Å². The number of carbonyl (C=O) groups is 1. The molecule has 7 heteroatoms. The Morgan fingerprint density at radius 3 is 2.79 bits per heavy atom. The van der Waals surface area contributed by atoms with Gasteiger partial charge in [-0.05, 0) is 37.1 Å². The number of rotatable bonds is 3. The lowest BCUT2D eigenvalue weighted by Crippen LogP contribution is -2.55. The van der Waals surface area contributed by atoms with Crippen LogP contribution in [-0.2, 0) is 4.79 Å². The van der Waals surface area contributed by atoms with Crippen LogP contribution in [0.4, 0.5) is 11.4 Å². The molecule has 7 nitrogen and oxygen atoms in total. The molecule has 3 N–H and O–H groups in total. The summed E-state index contributed by atoms with van der Waals surface area (Å²) in [5, 5.41) is 11.1. The van der Waals surface area contributed by atoms with E-state index in [0.717, 1.165) is 41.6 Å². The first-order valence-electron chi connectivity index (χ1n) is 9.61. The largest absolute Gasteiger partial charge is 0.483 e. The maximum Gasteiger partial charge on any atom is 0.262 e. The highest BCUT2D eigenvalue weighted by Gasteiger charge is 2.36. The number of ether oxygens (including phenoxy) is 1. The first kappa shape index (κ1) is 17.1. The molecule has 0 saturated carbocycles. The molecular formula is C21H23N5O2. The predicted molar refractivity (Wildman–Crippen MR) is 110 cm³/mol. The molecule has 2 aromatic rings. The van der Waals surface area contributed by atoms with Crippen LogP contribution in [0.15, 0.2) is 41.5 Å². The normalized spacial score (nSPS) is 20.9. The third-order valence-corrected chi connectivity index (χ3v) is 5.63. The van der Waals surface area contributed by atoms with Gasteiger partial charge in [0, 0.05) is 24.3 Å². The van der Waals surface area contributed by atoms with Crippen molar-refractivity contribution in [2.75, 3.05) is 29.9 Å². The maximum atomic E-state index is 12.2. The average Bonchev–Trinajstić information content (AvgIpc) is 2.67. The van der Waals surface area contributed by atoms with Gasteiger partial charge in [0.25, 0.3) is 5.91 Å². The van der Waals surface area contributed by atoms with Crippen LogP contribution in [0.3, 0.4) is 0 Å². The molecule has 0 aromatic heterocycles. The van der Waals surface area contributed by atoms with Gasteiger partial charge in [-0.2, -0.15) is 5.10 Å². The number of hydrazone groups is 1. The SMILES string of the molecule is Cc1ccccc1-c1cc2c(cc1NC1CNC1)N1C(=NNC(=O)[C@H]1C)CO2. The molecule has 1 fully saturated rings. The predicted octanol–water partition coefficient (Wildman–Crippen LogP) is 2.08. The molecular weight excluding hydrogens is 354 g/mol. The lowest BCUT2D eigenvalue weighted by molar-refractivity contribution is -0.122. The number of amidine groups is 1. The Kier molecular flexibility index (Phi) is 3.98. The number of carbonyl (C=O) groups excluding carboxylic acids is 1. The van der Waals surface area contributed by atoms with Gasteiger partial charge in [0.15, 0.2) is 5.84 Å². The highest BCUT2D eigenvalue weighted by Crippen LogP contribution is 2.43. The Morgan fingerprint density at radius 1 is 1.21 bits per heavy atom. The molecule has 0 aliphatic carbocycles. The first-order valence-corrected chi connectivity index (χ1v) is 9.61. The Balaban J connectivity index is 1.65. The summed E-state index contributed by atoms with van der Waals surface area (Å²) in [7, 11) is 0. The van der Waals surface area contributed by atoms with E-state index in [4.69, 9.17) is 4.74 Å². The molecule has 1 saturated heterocycles. The number of aryl methyl sites for hydroxylation is 1. The fraction of sp³-hybridized carbons (Fsp3) is 0.333. The third-order valence-electron chi connectivity index (χ3n) is 5.63. The molecule has 1 atom stereocenters. The van der Waals surface area contributed by atoms with Gasteiger partial charge in [0.1, 0.15) is 18.4 Å². The van der Waals surface area contributed by atoms with Crippen molar-refractivity contribution in [3.05, 3.63) is 42.0 Å². The minimum atomic E-state index is -0.335. The summed E-state index contributed by atoms with van der Waals surface area (Å²) in [4.78, 5) is 14.2. The lowest BCUT2D eigenvalue weighted by atomic mass is 9.96. The zero-order valence-electron chi connectivity index (χ0n) is 16.0. The van der Waals surface area contributed by atoms with E-state index in [1.165, 1.54) is 11.1 Å². The number of hydrogen-bond acceptors (Lipinski definition) is 6. The van der Waals surface area contributed by atoms with E-state index in [-0.39, 0.29) is 11.9 Å². The van der Waals surface area contributed by atoms with Gasteiger partial charge in [-0.3, -0.25) is 4.79 Å². The fourth-order valence-electron chi connectivity index (χ4n) is 3.90. The molecule has 2 aromatic carbocycles. The highest BCUT2D eigenvalue weighted by molar-refractivity contribution is 6.10. The molecule has 0 radical (unpaired) electrons. The van der Waals surface area contributed by atoms with Crippen LogP contribution in [0.5, 0.6) is 5.75 Å². The van der Waals surface area contributed by atoms with Gasteiger partial charge < -0.3 is 20.3 Å². The number of hydrogen-bond donors (Lipinski definition) is 3. The molecule has 3 aliphatic heterocycles. The van der Waals surface area contributed by atoms with Crippen LogP contribution >= 0.6 is 0 Å². The number of fused-ring (bicyclic) bond motifs is 3. The van der Waals surface area contributed by atoms with E-state index in [2.05, 4.69) is 58.4 Å². The van der Waals surface area contributed by atoms with Crippen molar-refractivity contribution >= 4 is 23.1 Å². The Morgan fingerprint density at radius 2 is 2.04 bits per heavy atom. The number of benzene rings is 2. The molecule has 3 aliphatic rings. The molecule has 28 heavy (non-hydrogen) atoms. The second kappa shape index (κ2) is 6.53. The fourth-order valence-corrected chi connectivity index (χ4v) is 3.90. The van der Waals surface area contributed by atoms with Crippen molar-refractivity contribution in [2.24, 2.45) is 5.10 Å². The summed E-state index contributed by atoms with van der Waals surface area (Å²) < 4.78 is 6.01. The molecule has 1 amide bonds. The van der Waals surface area contributed by atoms with Crippen molar-refractivity contribution in [3.63, 3.8) is 0 Å². The summed E-state index contributed by atoms with van der Waals surface area (Å²) in [5.74, 6) is 1.38. The number of anilines is 2. The van der Waals surface area contributed by atoms with E-state index in [1.807, 2.05) is 17.9 Å². The quantitative estimate of drug-likeness (QED) is 0.763. The molecule has 0 bridgehead atoms. The zero-order chi connectivity index (χ0) is 19.3. The third kappa shape index (κ3) is 2.70. The van der Waals surface area contributed by atoms with Crippen LogP contribution in [-0.4, -0.2) is 43.5 Å². The summed E-state index contributed by atoms with van der Waals surface area (Å²) in [6, 6.07) is 12.6. The summed E-state index contributed by atoms with van der Waals surface area (Å²) in [6.07, 6.45) is 0. The lowest BCUT2D eigenvalue weighted by Gasteiger charge is -2.39. The summed E-state index contributed by atoms with van der Waals surface area (Å²) >= 11 is 0. The van der Waals surface area contributed by atoms with Gasteiger partial charge >= 0.3 is 0 Å². The molecule has 3 heterocycles. The topological polar surface area (TPSA) is 78.0 Å². The average molecular weight is 377 g/mol. The molecule has 5 rings (SSSR count). The van der Waals surface area contributed by atoms with Crippen molar-refractivity contribution in [3.8, 4) is 16.9 Å². The Labute approximate surface area is 163 Å². The van der Waals surface area contributed by atoms with E-state index in [9.17, 15) is 4.79 Å². The van der Waals surface area contributed by atoms with E-state index in [1.54, 1.807) is 0 Å². The van der Waals surface area contributed by atoms with E-state index in [0.29, 0.717) is 12.6 Å². The van der Waals surface area contributed by atoms with Crippen LogP contribution in [0.25, 0.3) is 11.1 Å². The summed E-state index contributed by atoms with van der Waals surface area (Å²) in [6.45, 7) is 6.22. The summed E-state index contributed by atoms with van der Waals surface area (Å²) in [5.41, 5.74) is 7.99. The van der Waals surface area contributed by atoms with Crippen LogP contribution in [0.1, 0.15) is 12.5 Å². The Bertz CT molecular complexity index is 983. The molecule has 0 unspecified atom stereocenters. The monoisotopic (exact) mass is 377 g/mol. The van der Waals surface area contributed by atoms with Gasteiger partial charge in [-0.1, -0.05) is 24.3 Å². The van der Waals surface area contributed by atoms with Crippen molar-refractivity contribution < 1.29 is 9.53 Å². The van der Waals surface area contributed by atoms with Gasteiger partial charge in [0.05, 0.1) is 11.7 Å². The van der Waals surface area contributed by atoms with Crippen LogP contribution in [0, 0.1) is 6.92 Å². The van der Waals surface area contributed by atoms with Crippen molar-refractivity contribution in [1.82, 2.24) is 10.7 Å².